The molecular weight excluding hydrogens is 688 g/mol. The van der Waals surface area contributed by atoms with Crippen molar-refractivity contribution in [3.63, 3.8) is 0 Å². The number of benzene rings is 2. The molecule has 0 bridgehead atoms. The topological polar surface area (TPSA) is 124 Å². The Bertz CT molecular complexity index is 1590. The lowest BCUT2D eigenvalue weighted by Crippen LogP contribution is -2.55. The number of carbonyl (C=O) groups is 4. The van der Waals surface area contributed by atoms with Crippen molar-refractivity contribution in [2.75, 3.05) is 84.5 Å². The van der Waals surface area contributed by atoms with Gasteiger partial charge in [-0.15, -0.1) is 0 Å². The van der Waals surface area contributed by atoms with Gasteiger partial charge in [-0.05, 0) is 81.2 Å². The van der Waals surface area contributed by atoms with Crippen LogP contribution < -0.4 is 10.1 Å². The maximum atomic E-state index is 14.2. The number of hydrogen-bond donors (Lipinski definition) is 1. The SMILES string of the molecule is C.CCOC(=O)CN1CCN(C2CCN(C(=O)[C@@H](Cc3cc(C)c(OC)c(C)c3)OC(=O)N3CCC(N4CCc5ccccc5NC4=O)CC3)CC2)CC1. The van der Waals surface area contributed by atoms with Gasteiger partial charge in [0, 0.05) is 83.1 Å². The van der Waals surface area contributed by atoms with E-state index in [-0.39, 0.29) is 37.8 Å². The number of rotatable bonds is 10. The van der Waals surface area contributed by atoms with Gasteiger partial charge in [0.2, 0.25) is 0 Å². The van der Waals surface area contributed by atoms with Crippen LogP contribution in [-0.2, 0) is 31.9 Å². The molecule has 0 saturated carbocycles. The Morgan fingerprint density at radius 3 is 2.13 bits per heavy atom. The van der Waals surface area contributed by atoms with E-state index in [2.05, 4.69) is 15.1 Å². The summed E-state index contributed by atoms with van der Waals surface area (Å²) in [6.45, 7) is 12.6. The highest BCUT2D eigenvalue weighted by Crippen LogP contribution is 2.28. The summed E-state index contributed by atoms with van der Waals surface area (Å²) in [5, 5.41) is 3.06. The number of nitrogens with zero attached hydrogens (tertiary/aromatic N) is 5. The highest BCUT2D eigenvalue weighted by Gasteiger charge is 2.37. The molecule has 0 radical (unpaired) electrons. The van der Waals surface area contributed by atoms with Crippen molar-refractivity contribution < 1.29 is 33.4 Å². The van der Waals surface area contributed by atoms with Gasteiger partial charge in [-0.25, -0.2) is 9.59 Å². The molecule has 4 aliphatic heterocycles. The number of ether oxygens (including phenoxy) is 3. The van der Waals surface area contributed by atoms with Crippen LogP contribution in [0.4, 0.5) is 15.3 Å². The van der Waals surface area contributed by atoms with Crippen LogP contribution in [0.2, 0.25) is 0 Å². The molecule has 0 aromatic heterocycles. The molecule has 2 aromatic carbocycles. The largest absolute Gasteiger partial charge is 0.496 e. The number of piperidine rings is 2. The van der Waals surface area contributed by atoms with Crippen molar-refractivity contribution in [1.29, 1.82) is 0 Å². The number of aryl methyl sites for hydroxylation is 2. The van der Waals surface area contributed by atoms with E-state index in [0.717, 1.165) is 79.1 Å². The Labute approximate surface area is 320 Å². The van der Waals surface area contributed by atoms with Crippen LogP contribution in [-0.4, -0.2) is 146 Å². The summed E-state index contributed by atoms with van der Waals surface area (Å²) in [5.74, 6) is 0.459. The number of fused-ring (bicyclic) bond motifs is 1. The molecule has 13 nitrogen and oxygen atoms in total. The lowest BCUT2D eigenvalue weighted by Gasteiger charge is -2.43. The van der Waals surface area contributed by atoms with Crippen LogP contribution in [0.5, 0.6) is 5.75 Å². The predicted octanol–water partition coefficient (Wildman–Crippen LogP) is 4.72. The smallest absolute Gasteiger partial charge is 0.410 e. The quantitative estimate of drug-likeness (QED) is 0.344. The van der Waals surface area contributed by atoms with Crippen LogP contribution in [0.25, 0.3) is 0 Å². The Morgan fingerprint density at radius 2 is 1.48 bits per heavy atom. The maximum Gasteiger partial charge on any atom is 0.410 e. The molecule has 13 heteroatoms. The normalized spacial score (nSPS) is 19.6. The van der Waals surface area contributed by atoms with E-state index in [1.807, 2.05) is 67.0 Å². The fourth-order valence-corrected chi connectivity index (χ4v) is 8.50. The standard InChI is InChI=1S/C40H56N6O7.CH4/c1-5-52-36(47)27-42-20-22-43(23-21-42)32-11-15-44(16-12-32)38(48)35(26-30-24-28(2)37(51-4)29(3)25-30)53-40(50)45-17-13-33(14-18-45)46-19-10-31-8-6-7-9-34(31)41-39(46)49;/h6-9,24-25,32-33,35H,5,10-23,26-27H2,1-4H3,(H,41,49);1H4/t35-;/m1./s1. The zero-order valence-corrected chi connectivity index (χ0v) is 31.8. The van der Waals surface area contributed by atoms with Crippen molar-refractivity contribution in [3.8, 4) is 5.75 Å². The minimum atomic E-state index is -0.967. The summed E-state index contributed by atoms with van der Waals surface area (Å²) in [6.07, 6.45) is 2.54. The number of hydrogen-bond acceptors (Lipinski definition) is 9. The third kappa shape index (κ3) is 9.84. The van der Waals surface area contributed by atoms with E-state index in [0.29, 0.717) is 64.8 Å². The summed E-state index contributed by atoms with van der Waals surface area (Å²) in [7, 11) is 1.65. The first-order chi connectivity index (χ1) is 25.6. The van der Waals surface area contributed by atoms with Crippen LogP contribution in [0, 0.1) is 13.8 Å². The van der Waals surface area contributed by atoms with Crippen LogP contribution >= 0.6 is 0 Å². The molecule has 3 fully saturated rings. The average molecular weight is 749 g/mol. The van der Waals surface area contributed by atoms with Gasteiger partial charge in [-0.2, -0.15) is 0 Å². The number of esters is 1. The van der Waals surface area contributed by atoms with Gasteiger partial charge >= 0.3 is 18.1 Å². The Kier molecular flexibility index (Phi) is 14.2. The molecule has 4 aliphatic rings. The van der Waals surface area contributed by atoms with Crippen molar-refractivity contribution in [3.05, 3.63) is 58.7 Å². The molecule has 3 saturated heterocycles. The van der Waals surface area contributed by atoms with Gasteiger partial charge in [-0.1, -0.05) is 37.8 Å². The van der Waals surface area contributed by atoms with Gasteiger partial charge in [0.1, 0.15) is 5.75 Å². The van der Waals surface area contributed by atoms with Crippen molar-refractivity contribution in [1.82, 2.24) is 24.5 Å². The summed E-state index contributed by atoms with van der Waals surface area (Å²) >= 11 is 0. The zero-order chi connectivity index (χ0) is 37.5. The van der Waals surface area contributed by atoms with Crippen molar-refractivity contribution in [2.45, 2.75) is 84.9 Å². The summed E-state index contributed by atoms with van der Waals surface area (Å²) in [6, 6.07) is 12.2. The van der Waals surface area contributed by atoms with Gasteiger partial charge in [-0.3, -0.25) is 19.4 Å². The maximum absolute atomic E-state index is 14.2. The number of methoxy groups -OCH3 is 1. The van der Waals surface area contributed by atoms with Crippen LogP contribution in [0.1, 0.15) is 62.3 Å². The van der Waals surface area contributed by atoms with Crippen molar-refractivity contribution >= 4 is 29.7 Å². The molecule has 4 heterocycles. The number of anilines is 1. The average Bonchev–Trinajstić information content (AvgIpc) is 3.32. The first-order valence-corrected chi connectivity index (χ1v) is 19.3. The van der Waals surface area contributed by atoms with Crippen LogP contribution in [0.3, 0.4) is 0 Å². The van der Waals surface area contributed by atoms with Gasteiger partial charge in [0.05, 0.1) is 20.3 Å². The molecule has 4 amide bonds. The second kappa shape index (κ2) is 18.8. The summed E-state index contributed by atoms with van der Waals surface area (Å²) in [4.78, 5) is 63.1. The molecule has 296 valence electrons. The van der Waals surface area contributed by atoms with Gasteiger partial charge in [0.25, 0.3) is 5.91 Å². The van der Waals surface area contributed by atoms with Crippen LogP contribution in [0.15, 0.2) is 36.4 Å². The Hall–Kier alpha value is -4.36. The number of carbonyl (C=O) groups excluding carboxylic acids is 4. The first kappa shape index (κ1) is 40.8. The minimum absolute atomic E-state index is 0. The highest BCUT2D eigenvalue weighted by atomic mass is 16.6. The van der Waals surface area contributed by atoms with E-state index in [4.69, 9.17) is 14.2 Å². The van der Waals surface area contributed by atoms with E-state index in [9.17, 15) is 19.2 Å². The third-order valence-electron chi connectivity index (χ3n) is 11.3. The molecule has 0 unspecified atom stereocenters. The lowest BCUT2D eigenvalue weighted by molar-refractivity contribution is -0.145. The molecule has 6 rings (SSSR count). The van der Waals surface area contributed by atoms with Gasteiger partial charge in [0.15, 0.2) is 6.10 Å². The second-order valence-electron chi connectivity index (χ2n) is 14.8. The molecule has 54 heavy (non-hydrogen) atoms. The highest BCUT2D eigenvalue weighted by molar-refractivity contribution is 5.91. The third-order valence-corrected chi connectivity index (χ3v) is 11.3. The molecule has 0 spiro atoms. The first-order valence-electron chi connectivity index (χ1n) is 19.3. The predicted molar refractivity (Wildman–Crippen MR) is 208 cm³/mol. The van der Waals surface area contributed by atoms with E-state index in [1.165, 1.54) is 0 Å². The molecule has 1 atom stereocenters. The fraction of sp³-hybridized carbons (Fsp3) is 0.610. The molecule has 1 N–H and O–H groups in total. The Balaban J connectivity index is 0.00000561. The number of amides is 4. The monoisotopic (exact) mass is 748 g/mol. The van der Waals surface area contributed by atoms with E-state index in [1.54, 1.807) is 12.0 Å². The molecule has 0 aliphatic carbocycles. The zero-order valence-electron chi connectivity index (χ0n) is 31.8. The number of likely N-dealkylation sites (tertiary alicyclic amines) is 2. The second-order valence-corrected chi connectivity index (χ2v) is 14.8. The number of urea groups is 1. The molecular formula is C41H60N6O7. The van der Waals surface area contributed by atoms with E-state index >= 15 is 0 Å². The van der Waals surface area contributed by atoms with Gasteiger partial charge < -0.3 is 34.2 Å². The van der Waals surface area contributed by atoms with Crippen molar-refractivity contribution in [2.24, 2.45) is 0 Å². The Morgan fingerprint density at radius 1 is 0.852 bits per heavy atom. The number of piperazine rings is 1. The summed E-state index contributed by atoms with van der Waals surface area (Å²) < 4.78 is 16.8. The van der Waals surface area contributed by atoms with E-state index < -0.39 is 12.2 Å². The molecule has 2 aromatic rings. The minimum Gasteiger partial charge on any atom is -0.496 e. The number of nitrogens with one attached hydrogen (secondary N) is 1. The lowest BCUT2D eigenvalue weighted by atomic mass is 9.98. The number of para-hydroxylation sites is 1. The fourth-order valence-electron chi connectivity index (χ4n) is 8.50. The summed E-state index contributed by atoms with van der Waals surface area (Å²) in [5.41, 5.74) is 4.82.